The Balaban J connectivity index is 2.62. The van der Waals surface area contributed by atoms with Crippen LogP contribution in [0.2, 0.25) is 0 Å². The van der Waals surface area contributed by atoms with Crippen LogP contribution in [0.1, 0.15) is 59.8 Å². The molecule has 1 aliphatic carbocycles. The molecule has 108 valence electrons. The van der Waals surface area contributed by atoms with E-state index in [0.717, 1.165) is 18.4 Å². The molecule has 3 atom stereocenters. The first-order valence-corrected chi connectivity index (χ1v) is 7.82. The van der Waals surface area contributed by atoms with Crippen molar-refractivity contribution in [3.63, 3.8) is 0 Å². The predicted molar refractivity (Wildman–Crippen MR) is 81.0 cm³/mol. The van der Waals surface area contributed by atoms with Crippen LogP contribution in [0.3, 0.4) is 0 Å². The fraction of sp³-hybridized carbons (Fsp3) is 1.00. The van der Waals surface area contributed by atoms with E-state index < -0.39 is 0 Å². The van der Waals surface area contributed by atoms with E-state index in [1.54, 1.807) is 0 Å². The van der Waals surface area contributed by atoms with Crippen molar-refractivity contribution in [3.05, 3.63) is 0 Å². The van der Waals surface area contributed by atoms with Crippen LogP contribution in [0.25, 0.3) is 0 Å². The highest BCUT2D eigenvalue weighted by Gasteiger charge is 2.37. The molecule has 0 heterocycles. The molecule has 0 radical (unpaired) electrons. The van der Waals surface area contributed by atoms with Gasteiger partial charge in [0.1, 0.15) is 0 Å². The molecule has 0 aromatic heterocycles. The normalized spacial score (nSPS) is 31.0. The lowest BCUT2D eigenvalue weighted by atomic mass is 9.75. The summed E-state index contributed by atoms with van der Waals surface area (Å²) in [4.78, 5) is 2.47. The quantitative estimate of drug-likeness (QED) is 0.780. The van der Waals surface area contributed by atoms with Gasteiger partial charge in [-0.15, -0.1) is 0 Å². The van der Waals surface area contributed by atoms with Gasteiger partial charge < -0.3 is 10.2 Å². The molecule has 1 saturated carbocycles. The van der Waals surface area contributed by atoms with Gasteiger partial charge in [0.05, 0.1) is 0 Å². The molecular formula is C16H34N2. The van der Waals surface area contributed by atoms with E-state index in [-0.39, 0.29) is 0 Å². The maximum Gasteiger partial charge on any atom is 0.0330 e. The SMILES string of the molecule is CCC(NCC1(N(C)C)CCCC(C)C1)C(C)C. The molecule has 0 aliphatic heterocycles. The summed E-state index contributed by atoms with van der Waals surface area (Å²) in [5.74, 6) is 1.61. The molecule has 0 bridgehead atoms. The molecule has 1 fully saturated rings. The molecule has 0 aromatic carbocycles. The Morgan fingerprint density at radius 1 is 1.33 bits per heavy atom. The maximum atomic E-state index is 3.84. The van der Waals surface area contributed by atoms with Crippen LogP contribution in [0.4, 0.5) is 0 Å². The molecule has 0 saturated heterocycles. The molecule has 1 rings (SSSR count). The summed E-state index contributed by atoms with van der Waals surface area (Å²) in [6.07, 6.45) is 6.74. The largest absolute Gasteiger partial charge is 0.312 e. The zero-order valence-corrected chi connectivity index (χ0v) is 13.4. The fourth-order valence-corrected chi connectivity index (χ4v) is 3.53. The summed E-state index contributed by atoms with van der Waals surface area (Å²) in [6.45, 7) is 10.5. The molecule has 1 N–H and O–H groups in total. The van der Waals surface area contributed by atoms with Crippen LogP contribution in [0.5, 0.6) is 0 Å². The first kappa shape index (κ1) is 16.0. The molecule has 2 heteroatoms. The second-order valence-corrected chi connectivity index (χ2v) is 6.96. The Morgan fingerprint density at radius 2 is 2.00 bits per heavy atom. The van der Waals surface area contributed by atoms with Crippen molar-refractivity contribution in [3.8, 4) is 0 Å². The molecule has 18 heavy (non-hydrogen) atoms. The number of nitrogens with one attached hydrogen (secondary N) is 1. The Labute approximate surface area is 115 Å². The molecule has 0 aromatic rings. The third-order valence-electron chi connectivity index (χ3n) is 4.95. The van der Waals surface area contributed by atoms with Gasteiger partial charge in [0.15, 0.2) is 0 Å². The lowest BCUT2D eigenvalue weighted by Crippen LogP contribution is -2.56. The van der Waals surface area contributed by atoms with Crippen molar-refractivity contribution < 1.29 is 0 Å². The standard InChI is InChI=1S/C16H34N2/c1-7-15(13(2)3)17-12-16(18(5)6)10-8-9-14(4)11-16/h13-15,17H,7-12H2,1-6H3. The summed E-state index contributed by atoms with van der Waals surface area (Å²) >= 11 is 0. The van der Waals surface area contributed by atoms with Crippen LogP contribution in [0, 0.1) is 11.8 Å². The van der Waals surface area contributed by atoms with Gasteiger partial charge in [-0.1, -0.05) is 40.5 Å². The zero-order chi connectivity index (χ0) is 13.8. The molecule has 3 unspecified atom stereocenters. The molecule has 0 spiro atoms. The monoisotopic (exact) mass is 254 g/mol. The number of hydrogen-bond donors (Lipinski definition) is 1. The number of rotatable bonds is 6. The van der Waals surface area contributed by atoms with Gasteiger partial charge in [0, 0.05) is 18.1 Å². The topological polar surface area (TPSA) is 15.3 Å². The Bertz CT molecular complexity index is 237. The molecule has 1 aliphatic rings. The van der Waals surface area contributed by atoms with Crippen LogP contribution in [0.15, 0.2) is 0 Å². The Hall–Kier alpha value is -0.0800. The highest BCUT2D eigenvalue weighted by Crippen LogP contribution is 2.35. The molecule has 2 nitrogen and oxygen atoms in total. The third kappa shape index (κ3) is 3.96. The summed E-state index contributed by atoms with van der Waals surface area (Å²) in [6, 6.07) is 0.666. The lowest BCUT2D eigenvalue weighted by molar-refractivity contribution is 0.0702. The van der Waals surface area contributed by atoms with Crippen molar-refractivity contribution in [2.24, 2.45) is 11.8 Å². The van der Waals surface area contributed by atoms with Crippen LogP contribution < -0.4 is 5.32 Å². The Kier molecular flexibility index (Phi) is 6.13. The minimum absolute atomic E-state index is 0.389. The van der Waals surface area contributed by atoms with Gasteiger partial charge in [-0.3, -0.25) is 0 Å². The van der Waals surface area contributed by atoms with E-state index in [2.05, 4.69) is 52.0 Å². The zero-order valence-electron chi connectivity index (χ0n) is 13.4. The second-order valence-electron chi connectivity index (χ2n) is 6.96. The van der Waals surface area contributed by atoms with Gasteiger partial charge in [0.2, 0.25) is 0 Å². The third-order valence-corrected chi connectivity index (χ3v) is 4.95. The summed E-state index contributed by atoms with van der Waals surface area (Å²) < 4.78 is 0. The predicted octanol–water partition coefficient (Wildman–Crippen LogP) is 3.52. The van der Waals surface area contributed by atoms with Crippen molar-refractivity contribution in [1.82, 2.24) is 10.2 Å². The summed E-state index contributed by atoms with van der Waals surface area (Å²) in [5, 5.41) is 3.84. The van der Waals surface area contributed by atoms with Crippen molar-refractivity contribution in [1.29, 1.82) is 0 Å². The minimum atomic E-state index is 0.389. The van der Waals surface area contributed by atoms with E-state index in [0.29, 0.717) is 11.6 Å². The molecule has 0 amide bonds. The van der Waals surface area contributed by atoms with Crippen molar-refractivity contribution in [2.75, 3.05) is 20.6 Å². The van der Waals surface area contributed by atoms with E-state index in [1.807, 2.05) is 0 Å². The van der Waals surface area contributed by atoms with Crippen LogP contribution in [-0.4, -0.2) is 37.1 Å². The van der Waals surface area contributed by atoms with Gasteiger partial charge in [0.25, 0.3) is 0 Å². The van der Waals surface area contributed by atoms with E-state index in [9.17, 15) is 0 Å². The smallest absolute Gasteiger partial charge is 0.0330 e. The van der Waals surface area contributed by atoms with Gasteiger partial charge in [-0.25, -0.2) is 0 Å². The highest BCUT2D eigenvalue weighted by atomic mass is 15.2. The number of likely N-dealkylation sites (N-methyl/N-ethyl adjacent to an activating group) is 1. The van der Waals surface area contributed by atoms with Gasteiger partial charge >= 0.3 is 0 Å². The summed E-state index contributed by atoms with van der Waals surface area (Å²) in [7, 11) is 4.52. The molecular weight excluding hydrogens is 220 g/mol. The summed E-state index contributed by atoms with van der Waals surface area (Å²) in [5.41, 5.74) is 0.389. The number of hydrogen-bond acceptors (Lipinski definition) is 2. The first-order valence-electron chi connectivity index (χ1n) is 7.82. The van der Waals surface area contributed by atoms with Gasteiger partial charge in [-0.05, 0) is 45.2 Å². The van der Waals surface area contributed by atoms with Crippen molar-refractivity contribution in [2.45, 2.75) is 71.4 Å². The van der Waals surface area contributed by atoms with Crippen LogP contribution in [-0.2, 0) is 0 Å². The van der Waals surface area contributed by atoms with E-state index in [4.69, 9.17) is 0 Å². The van der Waals surface area contributed by atoms with E-state index >= 15 is 0 Å². The maximum absolute atomic E-state index is 3.84. The first-order chi connectivity index (χ1) is 8.41. The minimum Gasteiger partial charge on any atom is -0.312 e. The average molecular weight is 254 g/mol. The average Bonchev–Trinajstić information content (AvgIpc) is 2.29. The Morgan fingerprint density at radius 3 is 2.44 bits per heavy atom. The number of nitrogens with zero attached hydrogens (tertiary/aromatic N) is 1. The van der Waals surface area contributed by atoms with Crippen LogP contribution >= 0.6 is 0 Å². The van der Waals surface area contributed by atoms with E-state index in [1.165, 1.54) is 32.1 Å². The van der Waals surface area contributed by atoms with Crippen molar-refractivity contribution >= 4 is 0 Å². The van der Waals surface area contributed by atoms with Gasteiger partial charge in [-0.2, -0.15) is 0 Å². The second kappa shape index (κ2) is 6.91. The lowest BCUT2D eigenvalue weighted by Gasteiger charge is -2.46. The fourth-order valence-electron chi connectivity index (χ4n) is 3.53. The highest BCUT2D eigenvalue weighted by molar-refractivity contribution is 4.95.